The Morgan fingerprint density at radius 1 is 1.00 bits per heavy atom. The molecule has 5 heteroatoms. The molecule has 0 saturated carbocycles. The number of aldehydes is 1. The maximum Gasteiger partial charge on any atom is 0.153 e. The Bertz CT molecular complexity index is 1310. The van der Waals surface area contributed by atoms with Gasteiger partial charge in [-0.3, -0.25) is 4.79 Å². The lowest BCUT2D eigenvalue weighted by molar-refractivity contribution is 0.112. The van der Waals surface area contributed by atoms with Crippen LogP contribution < -0.4 is 0 Å². The summed E-state index contributed by atoms with van der Waals surface area (Å²) in [5.41, 5.74) is 6.36. The Balaban J connectivity index is 1.79. The molecule has 0 radical (unpaired) electrons. The topological polar surface area (TPSA) is 74.0 Å². The van der Waals surface area contributed by atoms with Crippen molar-refractivity contribution in [2.45, 2.75) is 17.7 Å². The molecule has 0 spiro atoms. The quantitative estimate of drug-likeness (QED) is 0.279. The highest BCUT2D eigenvalue weighted by atomic mass is 32.2. The van der Waals surface area contributed by atoms with E-state index in [4.69, 9.17) is 4.98 Å². The minimum atomic E-state index is -0.0441. The van der Waals surface area contributed by atoms with Crippen LogP contribution in [0.4, 0.5) is 0 Å². The van der Waals surface area contributed by atoms with Gasteiger partial charge in [0, 0.05) is 16.9 Å². The van der Waals surface area contributed by atoms with Gasteiger partial charge in [0.25, 0.3) is 0 Å². The van der Waals surface area contributed by atoms with E-state index in [9.17, 15) is 15.2 Å². The molecule has 32 heavy (non-hydrogen) atoms. The Hall–Kier alpha value is -3.88. The van der Waals surface area contributed by atoms with Crippen LogP contribution >= 0.6 is 11.8 Å². The smallest absolute Gasteiger partial charge is 0.153 e. The molecule has 3 aromatic carbocycles. The third kappa shape index (κ3) is 4.56. The number of pyridine rings is 1. The van der Waals surface area contributed by atoms with Gasteiger partial charge < -0.3 is 5.11 Å². The molecule has 0 aliphatic heterocycles. The first kappa shape index (κ1) is 21.4. The Labute approximate surface area is 191 Å². The van der Waals surface area contributed by atoms with Crippen molar-refractivity contribution < 1.29 is 9.90 Å². The van der Waals surface area contributed by atoms with E-state index in [2.05, 4.69) is 6.07 Å². The van der Waals surface area contributed by atoms with Crippen molar-refractivity contribution in [2.75, 3.05) is 0 Å². The number of benzene rings is 3. The summed E-state index contributed by atoms with van der Waals surface area (Å²) in [5.74, 6) is 0.464. The highest BCUT2D eigenvalue weighted by Gasteiger charge is 2.16. The van der Waals surface area contributed by atoms with Crippen molar-refractivity contribution in [1.29, 1.82) is 5.26 Å². The van der Waals surface area contributed by atoms with E-state index in [1.165, 1.54) is 23.4 Å². The van der Waals surface area contributed by atoms with Gasteiger partial charge in [-0.25, -0.2) is 4.98 Å². The van der Waals surface area contributed by atoms with Gasteiger partial charge in [0.2, 0.25) is 0 Å². The number of hydrogen-bond donors (Lipinski definition) is 1. The maximum absolute atomic E-state index is 11.2. The van der Waals surface area contributed by atoms with Crippen molar-refractivity contribution in [2.24, 2.45) is 0 Å². The highest BCUT2D eigenvalue weighted by Crippen LogP contribution is 2.35. The first-order valence-corrected chi connectivity index (χ1v) is 11.0. The summed E-state index contributed by atoms with van der Waals surface area (Å²) in [7, 11) is 0. The lowest BCUT2D eigenvalue weighted by atomic mass is 9.99. The number of aryl methyl sites for hydroxylation is 1. The van der Waals surface area contributed by atoms with Crippen molar-refractivity contribution in [3.63, 3.8) is 0 Å². The van der Waals surface area contributed by atoms with E-state index in [1.54, 1.807) is 12.1 Å². The van der Waals surface area contributed by atoms with Crippen LogP contribution in [0, 0.1) is 18.3 Å². The van der Waals surface area contributed by atoms with E-state index >= 15 is 0 Å². The van der Waals surface area contributed by atoms with E-state index < -0.39 is 0 Å². The van der Waals surface area contributed by atoms with Crippen LogP contribution in [0.5, 0.6) is 5.75 Å². The molecule has 0 atom stereocenters. The van der Waals surface area contributed by atoms with Crippen molar-refractivity contribution in [3.8, 4) is 34.2 Å². The van der Waals surface area contributed by atoms with Crippen LogP contribution in [0.1, 0.15) is 27.0 Å². The molecule has 0 bridgehead atoms. The summed E-state index contributed by atoms with van der Waals surface area (Å²) < 4.78 is 0. The fraction of sp³-hybridized carbons (Fsp3) is 0.0741. The highest BCUT2D eigenvalue weighted by molar-refractivity contribution is 7.98. The van der Waals surface area contributed by atoms with Gasteiger partial charge in [-0.1, -0.05) is 66.2 Å². The Morgan fingerprint density at radius 2 is 1.75 bits per heavy atom. The second-order valence-electron chi connectivity index (χ2n) is 7.38. The number of phenols is 1. The van der Waals surface area contributed by atoms with E-state index in [0.29, 0.717) is 22.6 Å². The standard InChI is InChI=1S/C27H20N2O2S/c1-18-7-10-21(11-8-18)25-14-23(20-5-3-2-4-6-20)24(15-28)27(29-25)32-17-19-9-12-26(31)22(13-19)16-30/h2-14,16,31H,17H2,1H3. The number of phenolic OH excluding ortho intramolecular Hbond substituents is 1. The number of carbonyl (C=O) groups excluding carboxylic acids is 1. The molecule has 0 aliphatic rings. The Kier molecular flexibility index (Phi) is 6.34. The number of aromatic hydroxyl groups is 1. The zero-order valence-electron chi connectivity index (χ0n) is 17.4. The average molecular weight is 437 g/mol. The average Bonchev–Trinajstić information content (AvgIpc) is 2.84. The van der Waals surface area contributed by atoms with E-state index in [0.717, 1.165) is 27.9 Å². The summed E-state index contributed by atoms with van der Waals surface area (Å²) in [6, 6.07) is 27.2. The second-order valence-corrected chi connectivity index (χ2v) is 8.34. The van der Waals surface area contributed by atoms with Gasteiger partial charge in [-0.15, -0.1) is 11.8 Å². The van der Waals surface area contributed by atoms with E-state index in [-0.39, 0.29) is 11.3 Å². The zero-order chi connectivity index (χ0) is 22.5. The predicted molar refractivity (Wildman–Crippen MR) is 128 cm³/mol. The first-order valence-electron chi connectivity index (χ1n) is 10.1. The number of thioether (sulfide) groups is 1. The molecule has 4 nitrogen and oxygen atoms in total. The van der Waals surface area contributed by atoms with Crippen molar-refractivity contribution in [3.05, 3.63) is 101 Å². The molecule has 156 valence electrons. The zero-order valence-corrected chi connectivity index (χ0v) is 18.3. The molecule has 0 unspecified atom stereocenters. The minimum absolute atomic E-state index is 0.0441. The van der Waals surface area contributed by atoms with Crippen molar-refractivity contribution in [1.82, 2.24) is 4.98 Å². The summed E-state index contributed by atoms with van der Waals surface area (Å²) in [6.45, 7) is 2.04. The molecule has 1 N–H and O–H groups in total. The summed E-state index contributed by atoms with van der Waals surface area (Å²) in [4.78, 5) is 16.0. The Morgan fingerprint density at radius 3 is 2.44 bits per heavy atom. The van der Waals surface area contributed by atoms with Crippen LogP contribution in [0.15, 0.2) is 83.9 Å². The number of aromatic nitrogens is 1. The molecule has 0 saturated heterocycles. The lowest BCUT2D eigenvalue weighted by Crippen LogP contribution is -1.96. The molecule has 4 aromatic rings. The number of hydrogen-bond acceptors (Lipinski definition) is 5. The predicted octanol–water partition coefficient (Wildman–Crippen LogP) is 6.41. The van der Waals surface area contributed by atoms with Crippen LogP contribution in [-0.4, -0.2) is 16.4 Å². The monoisotopic (exact) mass is 436 g/mol. The fourth-order valence-corrected chi connectivity index (χ4v) is 4.34. The third-order valence-corrected chi connectivity index (χ3v) is 6.17. The maximum atomic E-state index is 11.2. The van der Waals surface area contributed by atoms with Crippen LogP contribution in [0.3, 0.4) is 0 Å². The normalized spacial score (nSPS) is 10.5. The van der Waals surface area contributed by atoms with Crippen LogP contribution in [0.2, 0.25) is 0 Å². The lowest BCUT2D eigenvalue weighted by Gasteiger charge is -2.13. The van der Waals surface area contributed by atoms with Gasteiger partial charge >= 0.3 is 0 Å². The molecule has 1 heterocycles. The molecule has 0 aliphatic carbocycles. The van der Waals surface area contributed by atoms with Gasteiger partial charge in [-0.05, 0) is 36.2 Å². The molecule has 0 fully saturated rings. The summed E-state index contributed by atoms with van der Waals surface area (Å²) in [5, 5.41) is 20.4. The molecule has 1 aromatic heterocycles. The first-order chi connectivity index (χ1) is 15.6. The van der Waals surface area contributed by atoms with E-state index in [1.807, 2.05) is 67.6 Å². The van der Waals surface area contributed by atoms with Gasteiger partial charge in [0.15, 0.2) is 6.29 Å². The third-order valence-electron chi connectivity index (χ3n) is 5.12. The SMILES string of the molecule is Cc1ccc(-c2cc(-c3ccccc3)c(C#N)c(SCc3ccc(O)c(C=O)c3)n2)cc1. The minimum Gasteiger partial charge on any atom is -0.507 e. The van der Waals surface area contributed by atoms with Crippen LogP contribution in [0.25, 0.3) is 22.4 Å². The summed E-state index contributed by atoms with van der Waals surface area (Å²) in [6.07, 6.45) is 0.633. The second kappa shape index (κ2) is 9.51. The molecule has 0 amide bonds. The largest absolute Gasteiger partial charge is 0.507 e. The van der Waals surface area contributed by atoms with Crippen molar-refractivity contribution >= 4 is 18.0 Å². The van der Waals surface area contributed by atoms with Gasteiger partial charge in [0.05, 0.1) is 16.8 Å². The fourth-order valence-electron chi connectivity index (χ4n) is 3.39. The number of nitrogens with zero attached hydrogens (tertiary/aromatic N) is 2. The number of nitriles is 1. The molecular formula is C27H20N2O2S. The number of rotatable bonds is 6. The summed E-state index contributed by atoms with van der Waals surface area (Å²) >= 11 is 1.44. The van der Waals surface area contributed by atoms with Gasteiger partial charge in [0.1, 0.15) is 16.8 Å². The molecular weight excluding hydrogens is 416 g/mol. The van der Waals surface area contributed by atoms with Crippen LogP contribution in [-0.2, 0) is 5.75 Å². The number of carbonyl (C=O) groups is 1. The van der Waals surface area contributed by atoms with Gasteiger partial charge in [-0.2, -0.15) is 5.26 Å². The molecule has 4 rings (SSSR count).